The molecule has 0 aromatic heterocycles. The van der Waals surface area contributed by atoms with Gasteiger partial charge >= 0.3 is 12.1 Å². The van der Waals surface area contributed by atoms with E-state index in [-0.39, 0.29) is 41.0 Å². The van der Waals surface area contributed by atoms with Crippen molar-refractivity contribution in [1.29, 1.82) is 0 Å². The Morgan fingerprint density at radius 2 is 0.986 bits per heavy atom. The Morgan fingerprint density at radius 1 is 0.565 bits per heavy atom. The van der Waals surface area contributed by atoms with Gasteiger partial charge in [0.15, 0.2) is 0 Å². The molecule has 0 radical (unpaired) electrons. The molecule has 376 valence electrons. The van der Waals surface area contributed by atoms with Crippen molar-refractivity contribution in [3.8, 4) is 0 Å². The first-order chi connectivity index (χ1) is 33.0. The molecule has 9 rings (SSSR count). The maximum atomic E-state index is 13.8. The van der Waals surface area contributed by atoms with Crippen molar-refractivity contribution in [2.45, 2.75) is 182 Å². The molecule has 6 amide bonds. The second-order valence-corrected chi connectivity index (χ2v) is 23.8. The highest BCUT2D eigenvalue weighted by molar-refractivity contribution is 5.86. The molecule has 5 aliphatic carbocycles. The summed E-state index contributed by atoms with van der Waals surface area (Å²) < 4.78 is 0. The molecular weight excluding hydrogens is 857 g/mol. The van der Waals surface area contributed by atoms with E-state index in [4.69, 9.17) is 0 Å². The standard InChI is InChI=1S/C30H43N3O2.C29H43N3O2/c1-5-32(29(35)31-30(2,3)4)19-20-10-12-22(13-11-20)28(34)33-17-16-25-24-9-7-6-8-23(24)18-26(25)27(33)21-14-15-21;1-6-26-25-18-22-10-8-9-11-23(22)24(25)16-17-32(26)27(33)21-14-12-20(13-15-21)19-31(7-2)28(34)30-29(3,4)5/h6-9,20-22,27H,5,10-19H2,1-4H3,(H,31,35);8-11,20-21,26H,6-7,12-19H2,1-5H3,(H,30,34). The van der Waals surface area contributed by atoms with Gasteiger partial charge in [-0.3, -0.25) is 9.59 Å². The number of carbonyl (C=O) groups is 4. The summed E-state index contributed by atoms with van der Waals surface area (Å²) in [4.78, 5) is 61.2. The Hall–Kier alpha value is -4.60. The molecule has 0 saturated heterocycles. The monoisotopic (exact) mass is 943 g/mol. The second kappa shape index (κ2) is 21.4. The zero-order chi connectivity index (χ0) is 49.2. The minimum absolute atomic E-state index is 0.0222. The van der Waals surface area contributed by atoms with Crippen LogP contribution in [-0.2, 0) is 22.4 Å². The molecule has 3 fully saturated rings. The predicted octanol–water partition coefficient (Wildman–Crippen LogP) is 11.3. The molecular formula is C59H86N6O4. The largest absolute Gasteiger partial charge is 0.335 e. The van der Waals surface area contributed by atoms with Crippen LogP contribution in [0.3, 0.4) is 0 Å². The molecule has 69 heavy (non-hydrogen) atoms. The van der Waals surface area contributed by atoms with Crippen molar-refractivity contribution in [2.24, 2.45) is 29.6 Å². The van der Waals surface area contributed by atoms with Gasteiger partial charge in [-0.1, -0.05) is 55.5 Å². The molecule has 2 aromatic rings. The number of urea groups is 2. The number of hydrogen-bond donors (Lipinski definition) is 2. The molecule has 0 spiro atoms. The first-order valence-corrected chi connectivity index (χ1v) is 27.3. The summed E-state index contributed by atoms with van der Waals surface area (Å²) in [6.07, 6.45) is 15.5. The molecule has 0 bridgehead atoms. The van der Waals surface area contributed by atoms with E-state index < -0.39 is 0 Å². The van der Waals surface area contributed by atoms with Gasteiger partial charge in [0.05, 0.1) is 12.1 Å². The van der Waals surface area contributed by atoms with Gasteiger partial charge in [-0.25, -0.2) is 9.59 Å². The van der Waals surface area contributed by atoms with Crippen molar-refractivity contribution >= 4 is 35.0 Å². The maximum absolute atomic E-state index is 13.8. The number of nitrogens with zero attached hydrogens (tertiary/aromatic N) is 4. The van der Waals surface area contributed by atoms with E-state index in [1.165, 1.54) is 46.2 Å². The lowest BCUT2D eigenvalue weighted by Crippen LogP contribution is -2.50. The number of rotatable bonds is 10. The summed E-state index contributed by atoms with van der Waals surface area (Å²) >= 11 is 0. The Bertz CT molecular complexity index is 2250. The van der Waals surface area contributed by atoms with Crippen LogP contribution in [0, 0.1) is 29.6 Å². The number of fused-ring (bicyclic) bond motifs is 4. The van der Waals surface area contributed by atoms with E-state index in [1.54, 1.807) is 11.1 Å². The van der Waals surface area contributed by atoms with Gasteiger partial charge in [0, 0.05) is 62.2 Å². The average Bonchev–Trinajstić information content (AvgIpc) is 3.99. The fraction of sp³-hybridized carbons (Fsp3) is 0.661. The number of hydrogen-bond acceptors (Lipinski definition) is 4. The molecule has 2 N–H and O–H groups in total. The van der Waals surface area contributed by atoms with Crippen molar-refractivity contribution in [3.05, 3.63) is 81.9 Å². The SMILES string of the molecule is CCC1C2=C(CCN1C(=O)C1CCC(CN(CC)C(=O)NC(C)(C)C)CC1)c1ccccc1C2.CCN(CC1CCC(C(=O)N2CCC3=C(Cc4ccccc43)C2C2CC2)CC1)C(=O)NC(C)(C)C. The zero-order valence-corrected chi connectivity index (χ0v) is 43.9. The predicted molar refractivity (Wildman–Crippen MR) is 279 cm³/mol. The number of amides is 6. The molecule has 2 aromatic carbocycles. The van der Waals surface area contributed by atoms with Gasteiger partial charge in [-0.05, 0) is 214 Å². The normalized spacial score (nSPS) is 25.4. The first kappa shape index (κ1) is 50.8. The summed E-state index contributed by atoms with van der Waals surface area (Å²) in [7, 11) is 0. The van der Waals surface area contributed by atoms with Crippen molar-refractivity contribution in [3.63, 3.8) is 0 Å². The van der Waals surface area contributed by atoms with Crippen LogP contribution in [0.1, 0.15) is 168 Å². The Morgan fingerprint density at radius 3 is 1.42 bits per heavy atom. The Labute approximate surface area is 415 Å². The van der Waals surface area contributed by atoms with Gasteiger partial charge in [0.2, 0.25) is 11.8 Å². The number of benzene rings is 2. The molecule has 2 atom stereocenters. The molecule has 2 aliphatic heterocycles. The molecule has 3 saturated carbocycles. The van der Waals surface area contributed by atoms with E-state index in [0.717, 1.165) is 116 Å². The minimum atomic E-state index is -0.227. The van der Waals surface area contributed by atoms with Gasteiger partial charge in [0.25, 0.3) is 0 Å². The smallest absolute Gasteiger partial charge is 0.317 e. The fourth-order valence-corrected chi connectivity index (χ4v) is 13.0. The van der Waals surface area contributed by atoms with Gasteiger partial charge in [-0.15, -0.1) is 0 Å². The fourth-order valence-electron chi connectivity index (χ4n) is 13.0. The Kier molecular flexibility index (Phi) is 15.7. The van der Waals surface area contributed by atoms with E-state index in [0.29, 0.717) is 42.2 Å². The summed E-state index contributed by atoms with van der Waals surface area (Å²) in [6.45, 7) is 23.2. The third-order valence-electron chi connectivity index (χ3n) is 16.6. The Balaban J connectivity index is 0.000000186. The van der Waals surface area contributed by atoms with Crippen molar-refractivity contribution in [1.82, 2.24) is 30.2 Å². The van der Waals surface area contributed by atoms with Crippen LogP contribution in [0.25, 0.3) is 11.1 Å². The summed E-state index contributed by atoms with van der Waals surface area (Å²) in [5.74, 6) is 2.69. The van der Waals surface area contributed by atoms with Crippen LogP contribution in [0.5, 0.6) is 0 Å². The molecule has 10 heteroatoms. The van der Waals surface area contributed by atoms with E-state index in [1.807, 2.05) is 58.3 Å². The molecule has 7 aliphatic rings. The van der Waals surface area contributed by atoms with Crippen LogP contribution in [-0.4, -0.2) is 106 Å². The minimum Gasteiger partial charge on any atom is -0.335 e. The van der Waals surface area contributed by atoms with Gasteiger partial charge in [-0.2, -0.15) is 0 Å². The van der Waals surface area contributed by atoms with Crippen LogP contribution < -0.4 is 10.6 Å². The quantitative estimate of drug-likeness (QED) is 0.247. The summed E-state index contributed by atoms with van der Waals surface area (Å²) in [5, 5.41) is 6.19. The highest BCUT2D eigenvalue weighted by Crippen LogP contribution is 2.49. The van der Waals surface area contributed by atoms with E-state index >= 15 is 0 Å². The second-order valence-electron chi connectivity index (χ2n) is 23.8. The molecule has 2 heterocycles. The topological polar surface area (TPSA) is 105 Å². The summed E-state index contributed by atoms with van der Waals surface area (Å²) in [6, 6.07) is 18.2. The highest BCUT2D eigenvalue weighted by Gasteiger charge is 2.46. The number of nitrogens with one attached hydrogen (secondary N) is 2. The van der Waals surface area contributed by atoms with E-state index in [2.05, 4.69) is 82.8 Å². The lowest BCUT2D eigenvalue weighted by molar-refractivity contribution is -0.139. The first-order valence-electron chi connectivity index (χ1n) is 27.3. The van der Waals surface area contributed by atoms with Crippen molar-refractivity contribution < 1.29 is 19.2 Å². The van der Waals surface area contributed by atoms with Gasteiger partial charge < -0.3 is 30.2 Å². The van der Waals surface area contributed by atoms with E-state index in [9.17, 15) is 19.2 Å². The van der Waals surface area contributed by atoms with Crippen LogP contribution in [0.15, 0.2) is 59.7 Å². The van der Waals surface area contributed by atoms with Crippen LogP contribution in [0.4, 0.5) is 9.59 Å². The summed E-state index contributed by atoms with van der Waals surface area (Å²) in [5.41, 5.74) is 11.4. The van der Waals surface area contributed by atoms with Crippen molar-refractivity contribution in [2.75, 3.05) is 39.3 Å². The third kappa shape index (κ3) is 11.8. The molecule has 10 nitrogen and oxygen atoms in total. The maximum Gasteiger partial charge on any atom is 0.317 e. The lowest BCUT2D eigenvalue weighted by atomic mass is 9.80. The highest BCUT2D eigenvalue weighted by atomic mass is 16.2. The van der Waals surface area contributed by atoms with Crippen LogP contribution >= 0.6 is 0 Å². The molecule has 2 unspecified atom stereocenters. The number of carbonyl (C=O) groups excluding carboxylic acids is 4. The zero-order valence-electron chi connectivity index (χ0n) is 43.9. The average molecular weight is 943 g/mol. The van der Waals surface area contributed by atoms with Gasteiger partial charge in [0.1, 0.15) is 0 Å². The third-order valence-corrected chi connectivity index (χ3v) is 16.6. The lowest BCUT2D eigenvalue weighted by Gasteiger charge is -2.41. The van der Waals surface area contributed by atoms with Crippen LogP contribution in [0.2, 0.25) is 0 Å².